The van der Waals surface area contributed by atoms with Crippen molar-refractivity contribution in [3.63, 3.8) is 0 Å². The third-order valence-corrected chi connectivity index (χ3v) is 3.18. The van der Waals surface area contributed by atoms with Crippen molar-refractivity contribution in [2.75, 3.05) is 19.8 Å². The Balaban J connectivity index is 2.18. The molecule has 5 heteroatoms. The predicted molar refractivity (Wildman–Crippen MR) is 80.0 cm³/mol. The summed E-state index contributed by atoms with van der Waals surface area (Å²) in [5, 5.41) is 3.45. The van der Waals surface area contributed by atoms with Crippen molar-refractivity contribution in [1.82, 2.24) is 5.32 Å². The van der Waals surface area contributed by atoms with E-state index >= 15 is 0 Å². The molecule has 0 bridgehead atoms. The summed E-state index contributed by atoms with van der Waals surface area (Å²) < 4.78 is 33.7. The Morgan fingerprint density at radius 2 is 1.90 bits per heavy atom. The van der Waals surface area contributed by atoms with Gasteiger partial charge in [0.1, 0.15) is 5.75 Å². The van der Waals surface area contributed by atoms with E-state index in [1.54, 1.807) is 12.1 Å². The van der Waals surface area contributed by atoms with Crippen LogP contribution in [-0.4, -0.2) is 32.4 Å². The lowest BCUT2D eigenvalue weighted by atomic mass is 10.1. The third kappa shape index (κ3) is 8.63. The quantitative estimate of drug-likeness (QED) is 0.633. The standard InChI is InChI=1S/C16H25F2NO2/c1-3-20-12-4-11-19-13(2)5-6-14-7-9-15(10-8-14)21-16(17)18/h7-10,13,16,19H,3-6,11-12H2,1-2H3. The largest absolute Gasteiger partial charge is 0.435 e. The van der Waals surface area contributed by atoms with Crippen LogP contribution in [0.4, 0.5) is 8.78 Å². The first kappa shape index (κ1) is 17.9. The SMILES string of the molecule is CCOCCCNC(C)CCc1ccc(OC(F)F)cc1. The molecule has 0 saturated heterocycles. The van der Waals surface area contributed by atoms with Crippen molar-refractivity contribution in [2.24, 2.45) is 0 Å². The van der Waals surface area contributed by atoms with Gasteiger partial charge in [0.2, 0.25) is 0 Å². The molecule has 1 aromatic rings. The van der Waals surface area contributed by atoms with E-state index in [1.165, 1.54) is 0 Å². The maximum Gasteiger partial charge on any atom is 0.387 e. The molecule has 0 aliphatic rings. The number of hydrogen-bond donors (Lipinski definition) is 1. The van der Waals surface area contributed by atoms with Crippen molar-refractivity contribution >= 4 is 0 Å². The number of rotatable bonds is 11. The normalized spacial score (nSPS) is 12.6. The summed E-state index contributed by atoms with van der Waals surface area (Å²) in [6, 6.07) is 7.26. The van der Waals surface area contributed by atoms with Gasteiger partial charge in [0.25, 0.3) is 0 Å². The van der Waals surface area contributed by atoms with Gasteiger partial charge in [-0.3, -0.25) is 0 Å². The fraction of sp³-hybridized carbons (Fsp3) is 0.625. The Labute approximate surface area is 125 Å². The van der Waals surface area contributed by atoms with Crippen molar-refractivity contribution in [1.29, 1.82) is 0 Å². The Kier molecular flexibility index (Phi) is 8.94. The highest BCUT2D eigenvalue weighted by Crippen LogP contribution is 2.16. The summed E-state index contributed by atoms with van der Waals surface area (Å²) in [6.07, 6.45) is 2.93. The monoisotopic (exact) mass is 301 g/mol. The summed E-state index contributed by atoms with van der Waals surface area (Å²) in [7, 11) is 0. The van der Waals surface area contributed by atoms with E-state index in [0.29, 0.717) is 6.04 Å². The number of halogens is 2. The number of alkyl halides is 2. The molecule has 0 aliphatic carbocycles. The number of benzene rings is 1. The molecule has 0 amide bonds. The van der Waals surface area contributed by atoms with Gasteiger partial charge in [-0.2, -0.15) is 8.78 Å². The Morgan fingerprint density at radius 3 is 2.52 bits per heavy atom. The van der Waals surface area contributed by atoms with Crippen LogP contribution in [0.25, 0.3) is 0 Å². The molecule has 0 heterocycles. The molecule has 1 atom stereocenters. The van der Waals surface area contributed by atoms with Crippen LogP contribution >= 0.6 is 0 Å². The number of ether oxygens (including phenoxy) is 2. The summed E-state index contributed by atoms with van der Waals surface area (Å²) in [4.78, 5) is 0. The molecule has 0 fully saturated rings. The topological polar surface area (TPSA) is 30.5 Å². The molecule has 1 unspecified atom stereocenters. The van der Waals surface area contributed by atoms with Gasteiger partial charge < -0.3 is 14.8 Å². The van der Waals surface area contributed by atoms with Gasteiger partial charge in [-0.1, -0.05) is 12.1 Å². The van der Waals surface area contributed by atoms with E-state index in [0.717, 1.165) is 44.6 Å². The van der Waals surface area contributed by atoms with Gasteiger partial charge in [-0.25, -0.2) is 0 Å². The highest BCUT2D eigenvalue weighted by Gasteiger charge is 2.05. The smallest absolute Gasteiger partial charge is 0.387 e. The number of nitrogens with one attached hydrogen (secondary N) is 1. The van der Waals surface area contributed by atoms with Crippen LogP contribution in [0.2, 0.25) is 0 Å². The van der Waals surface area contributed by atoms with Gasteiger partial charge in [-0.05, 0) is 57.4 Å². The lowest BCUT2D eigenvalue weighted by Gasteiger charge is -2.14. The van der Waals surface area contributed by atoms with Crippen LogP contribution in [0.15, 0.2) is 24.3 Å². The first-order chi connectivity index (χ1) is 10.1. The van der Waals surface area contributed by atoms with Gasteiger partial charge in [0, 0.05) is 19.3 Å². The molecule has 1 N–H and O–H groups in total. The van der Waals surface area contributed by atoms with Gasteiger partial charge in [0.05, 0.1) is 0 Å². The first-order valence-electron chi connectivity index (χ1n) is 7.46. The second-order valence-electron chi connectivity index (χ2n) is 4.97. The Morgan fingerprint density at radius 1 is 1.19 bits per heavy atom. The maximum atomic E-state index is 12.0. The molecule has 21 heavy (non-hydrogen) atoms. The van der Waals surface area contributed by atoms with E-state index in [9.17, 15) is 8.78 Å². The molecule has 120 valence electrons. The van der Waals surface area contributed by atoms with Gasteiger partial charge in [0.15, 0.2) is 0 Å². The van der Waals surface area contributed by atoms with Crippen molar-refractivity contribution < 1.29 is 18.3 Å². The Hall–Kier alpha value is -1.20. The van der Waals surface area contributed by atoms with Crippen LogP contribution in [0.3, 0.4) is 0 Å². The molecule has 1 aromatic carbocycles. The van der Waals surface area contributed by atoms with Crippen LogP contribution in [0.1, 0.15) is 32.3 Å². The van der Waals surface area contributed by atoms with E-state index in [2.05, 4.69) is 17.0 Å². The van der Waals surface area contributed by atoms with E-state index < -0.39 is 6.61 Å². The first-order valence-corrected chi connectivity index (χ1v) is 7.46. The van der Waals surface area contributed by atoms with E-state index in [4.69, 9.17) is 4.74 Å². The molecule has 0 aliphatic heterocycles. The molecule has 3 nitrogen and oxygen atoms in total. The van der Waals surface area contributed by atoms with Crippen LogP contribution in [-0.2, 0) is 11.2 Å². The van der Waals surface area contributed by atoms with Crippen LogP contribution in [0, 0.1) is 0 Å². The molecule has 1 rings (SSSR count). The predicted octanol–water partition coefficient (Wildman–Crippen LogP) is 3.63. The third-order valence-electron chi connectivity index (χ3n) is 3.18. The lowest BCUT2D eigenvalue weighted by molar-refractivity contribution is -0.0498. The summed E-state index contributed by atoms with van der Waals surface area (Å²) >= 11 is 0. The van der Waals surface area contributed by atoms with E-state index in [-0.39, 0.29) is 5.75 Å². The zero-order chi connectivity index (χ0) is 15.5. The summed E-state index contributed by atoms with van der Waals surface area (Å²) in [6.45, 7) is 3.88. The van der Waals surface area contributed by atoms with Crippen molar-refractivity contribution in [2.45, 2.75) is 45.8 Å². The zero-order valence-electron chi connectivity index (χ0n) is 12.8. The van der Waals surface area contributed by atoms with Crippen molar-refractivity contribution in [3.05, 3.63) is 29.8 Å². The van der Waals surface area contributed by atoms with Gasteiger partial charge in [-0.15, -0.1) is 0 Å². The van der Waals surface area contributed by atoms with Gasteiger partial charge >= 0.3 is 6.61 Å². The minimum Gasteiger partial charge on any atom is -0.435 e. The average molecular weight is 301 g/mol. The van der Waals surface area contributed by atoms with Crippen LogP contribution < -0.4 is 10.1 Å². The molecular weight excluding hydrogens is 276 g/mol. The molecule has 0 radical (unpaired) electrons. The number of aryl methyl sites for hydroxylation is 1. The Bertz CT molecular complexity index is 371. The lowest BCUT2D eigenvalue weighted by Crippen LogP contribution is -2.28. The fourth-order valence-corrected chi connectivity index (χ4v) is 1.99. The number of hydrogen-bond acceptors (Lipinski definition) is 3. The second-order valence-corrected chi connectivity index (χ2v) is 4.97. The van der Waals surface area contributed by atoms with E-state index in [1.807, 2.05) is 19.1 Å². The summed E-state index contributed by atoms with van der Waals surface area (Å²) in [5.74, 6) is 0.204. The minimum atomic E-state index is -2.77. The minimum absolute atomic E-state index is 0.204. The fourth-order valence-electron chi connectivity index (χ4n) is 1.99. The van der Waals surface area contributed by atoms with Crippen LogP contribution in [0.5, 0.6) is 5.75 Å². The molecule has 0 saturated carbocycles. The molecular formula is C16H25F2NO2. The second kappa shape index (κ2) is 10.5. The maximum absolute atomic E-state index is 12.0. The molecule has 0 spiro atoms. The highest BCUT2D eigenvalue weighted by molar-refractivity contribution is 5.27. The highest BCUT2D eigenvalue weighted by atomic mass is 19.3. The average Bonchev–Trinajstić information content (AvgIpc) is 2.46. The summed E-state index contributed by atoms with van der Waals surface area (Å²) in [5.41, 5.74) is 1.12. The van der Waals surface area contributed by atoms with Crippen molar-refractivity contribution in [3.8, 4) is 5.75 Å². The molecule has 0 aromatic heterocycles. The zero-order valence-corrected chi connectivity index (χ0v) is 12.8.